The molecule has 0 spiro atoms. The minimum absolute atomic E-state index is 0.202. The van der Waals surface area contributed by atoms with Crippen molar-refractivity contribution in [3.05, 3.63) is 29.8 Å². The molecule has 1 aliphatic rings. The number of hydrogen-bond acceptors (Lipinski definition) is 3. The van der Waals surface area contributed by atoms with Crippen LogP contribution in [0.4, 0.5) is 19.3 Å². The van der Waals surface area contributed by atoms with Crippen molar-refractivity contribution in [1.82, 2.24) is 16.0 Å². The van der Waals surface area contributed by atoms with E-state index in [1.54, 1.807) is 19.9 Å². The maximum Gasteiger partial charge on any atom is 0.315 e. The molecule has 6 nitrogen and oxygen atoms in total. The highest BCUT2D eigenvalue weighted by Crippen LogP contribution is 2.25. The molecule has 1 aromatic carbocycles. The fraction of sp³-hybridized carbons (Fsp3) is 0.529. The summed E-state index contributed by atoms with van der Waals surface area (Å²) in [6, 6.07) is 3.43. The first-order valence-corrected chi connectivity index (χ1v) is 8.21. The van der Waals surface area contributed by atoms with Gasteiger partial charge in [-0.3, -0.25) is 4.79 Å². The number of nitrogens with one attached hydrogen (secondary N) is 3. The number of benzene rings is 1. The van der Waals surface area contributed by atoms with E-state index in [1.165, 1.54) is 13.1 Å². The van der Waals surface area contributed by atoms with Gasteiger partial charge in [0.25, 0.3) is 0 Å². The third kappa shape index (κ3) is 4.80. The van der Waals surface area contributed by atoms with Gasteiger partial charge in [0.1, 0.15) is 5.54 Å². The Kier molecular flexibility index (Phi) is 5.81. The summed E-state index contributed by atoms with van der Waals surface area (Å²) in [6.45, 7) is 5.07. The van der Waals surface area contributed by atoms with Gasteiger partial charge in [-0.05, 0) is 38.3 Å². The van der Waals surface area contributed by atoms with Crippen molar-refractivity contribution >= 4 is 17.6 Å². The molecule has 1 heterocycles. The molecule has 3 amide bonds. The van der Waals surface area contributed by atoms with Crippen LogP contribution < -0.4 is 20.9 Å². The van der Waals surface area contributed by atoms with Gasteiger partial charge in [0.05, 0.1) is 0 Å². The van der Waals surface area contributed by atoms with Crippen LogP contribution in [0.25, 0.3) is 0 Å². The summed E-state index contributed by atoms with van der Waals surface area (Å²) in [5.41, 5.74) is -0.396. The lowest BCUT2D eigenvalue weighted by molar-refractivity contribution is -0.126. The minimum Gasteiger partial charge on any atom is -0.371 e. The third-order valence-electron chi connectivity index (χ3n) is 4.33. The Morgan fingerprint density at radius 2 is 2.00 bits per heavy atom. The Morgan fingerprint density at radius 3 is 2.64 bits per heavy atom. The van der Waals surface area contributed by atoms with Gasteiger partial charge < -0.3 is 20.9 Å². The number of halogens is 2. The number of rotatable bonds is 5. The van der Waals surface area contributed by atoms with Crippen LogP contribution in [0.5, 0.6) is 0 Å². The number of urea groups is 1. The standard InChI is InChI=1S/C17H24F2N4O2/c1-17(2,22-16(25)20-3)15(24)21-9-11-6-7-23(10-11)12-4-5-13(18)14(19)8-12/h4-5,8,11H,6-7,9-10H2,1-3H3,(H,21,24)(H2,20,22,25)/t11-/m1/s1. The van der Waals surface area contributed by atoms with Gasteiger partial charge in [0.2, 0.25) is 5.91 Å². The minimum atomic E-state index is -1.03. The van der Waals surface area contributed by atoms with Crippen molar-refractivity contribution in [3.8, 4) is 0 Å². The molecule has 0 aliphatic carbocycles. The van der Waals surface area contributed by atoms with Gasteiger partial charge in [-0.15, -0.1) is 0 Å². The monoisotopic (exact) mass is 354 g/mol. The molecule has 0 radical (unpaired) electrons. The molecule has 2 rings (SSSR count). The smallest absolute Gasteiger partial charge is 0.315 e. The number of amides is 3. The second-order valence-electron chi connectivity index (χ2n) is 6.74. The van der Waals surface area contributed by atoms with Crippen LogP contribution in [0.15, 0.2) is 18.2 Å². The third-order valence-corrected chi connectivity index (χ3v) is 4.33. The van der Waals surface area contributed by atoms with E-state index >= 15 is 0 Å². The number of nitrogens with zero attached hydrogens (tertiary/aromatic N) is 1. The molecule has 25 heavy (non-hydrogen) atoms. The van der Waals surface area contributed by atoms with Crippen LogP contribution in [0, 0.1) is 17.6 Å². The van der Waals surface area contributed by atoms with Gasteiger partial charge in [-0.2, -0.15) is 0 Å². The molecule has 1 atom stereocenters. The van der Waals surface area contributed by atoms with E-state index in [4.69, 9.17) is 0 Å². The first kappa shape index (κ1) is 19.0. The predicted molar refractivity (Wildman–Crippen MR) is 91.4 cm³/mol. The largest absolute Gasteiger partial charge is 0.371 e. The molecule has 8 heteroatoms. The lowest BCUT2D eigenvalue weighted by Gasteiger charge is -2.25. The van der Waals surface area contributed by atoms with E-state index in [1.807, 2.05) is 4.90 Å². The summed E-state index contributed by atoms with van der Waals surface area (Å²) in [5, 5.41) is 7.83. The predicted octanol–water partition coefficient (Wildman–Crippen LogP) is 1.61. The maximum absolute atomic E-state index is 13.4. The van der Waals surface area contributed by atoms with Crippen LogP contribution in [0.2, 0.25) is 0 Å². The molecule has 138 valence electrons. The Bertz CT molecular complexity index is 652. The lowest BCUT2D eigenvalue weighted by Crippen LogP contribution is -2.57. The second-order valence-corrected chi connectivity index (χ2v) is 6.74. The van der Waals surface area contributed by atoms with Crippen LogP contribution in [0.1, 0.15) is 20.3 Å². The van der Waals surface area contributed by atoms with E-state index in [0.717, 1.165) is 12.5 Å². The highest BCUT2D eigenvalue weighted by Gasteiger charge is 2.30. The zero-order valence-electron chi connectivity index (χ0n) is 14.7. The van der Waals surface area contributed by atoms with Crippen LogP contribution in [-0.4, -0.2) is 44.2 Å². The molecular weight excluding hydrogens is 330 g/mol. The van der Waals surface area contributed by atoms with Gasteiger partial charge in [-0.1, -0.05) is 0 Å². The highest BCUT2D eigenvalue weighted by atomic mass is 19.2. The zero-order chi connectivity index (χ0) is 18.6. The van der Waals surface area contributed by atoms with Crippen molar-refractivity contribution in [2.75, 3.05) is 31.6 Å². The van der Waals surface area contributed by atoms with Crippen molar-refractivity contribution in [2.45, 2.75) is 25.8 Å². The van der Waals surface area contributed by atoms with Crippen molar-refractivity contribution in [3.63, 3.8) is 0 Å². The average molecular weight is 354 g/mol. The molecule has 0 unspecified atom stereocenters. The van der Waals surface area contributed by atoms with Gasteiger partial charge in [0, 0.05) is 38.4 Å². The number of carbonyl (C=O) groups is 2. The summed E-state index contributed by atoms with van der Waals surface area (Å²) in [6.07, 6.45) is 0.836. The second kappa shape index (κ2) is 7.67. The van der Waals surface area contributed by atoms with Crippen molar-refractivity contribution < 1.29 is 18.4 Å². The fourth-order valence-corrected chi connectivity index (χ4v) is 2.78. The summed E-state index contributed by atoms with van der Waals surface area (Å²) in [4.78, 5) is 25.6. The molecule has 1 aromatic rings. The zero-order valence-corrected chi connectivity index (χ0v) is 14.7. The molecule has 1 saturated heterocycles. The van der Waals surface area contributed by atoms with E-state index in [0.29, 0.717) is 25.3 Å². The molecule has 3 N–H and O–H groups in total. The highest BCUT2D eigenvalue weighted by molar-refractivity contribution is 5.90. The lowest BCUT2D eigenvalue weighted by atomic mass is 10.0. The molecule has 0 aromatic heterocycles. The van der Waals surface area contributed by atoms with Gasteiger partial charge >= 0.3 is 6.03 Å². The molecule has 1 aliphatic heterocycles. The summed E-state index contributed by atoms with van der Waals surface area (Å²) in [7, 11) is 1.48. The Morgan fingerprint density at radius 1 is 1.28 bits per heavy atom. The molecule has 0 saturated carbocycles. The van der Waals surface area contributed by atoms with Crippen LogP contribution in [-0.2, 0) is 4.79 Å². The maximum atomic E-state index is 13.4. The summed E-state index contributed by atoms with van der Waals surface area (Å²) in [5.74, 6) is -1.80. The summed E-state index contributed by atoms with van der Waals surface area (Å²) < 4.78 is 26.4. The average Bonchev–Trinajstić information content (AvgIpc) is 3.03. The summed E-state index contributed by atoms with van der Waals surface area (Å²) >= 11 is 0. The van der Waals surface area contributed by atoms with E-state index in [-0.39, 0.29) is 11.8 Å². The first-order valence-electron chi connectivity index (χ1n) is 8.21. The van der Waals surface area contributed by atoms with E-state index < -0.39 is 23.2 Å². The van der Waals surface area contributed by atoms with Crippen LogP contribution >= 0.6 is 0 Å². The Balaban J connectivity index is 1.85. The topological polar surface area (TPSA) is 73.5 Å². The molecule has 0 bridgehead atoms. The number of hydrogen-bond donors (Lipinski definition) is 3. The number of carbonyl (C=O) groups excluding carboxylic acids is 2. The van der Waals surface area contributed by atoms with Gasteiger partial charge in [-0.25, -0.2) is 13.6 Å². The van der Waals surface area contributed by atoms with Crippen molar-refractivity contribution in [1.29, 1.82) is 0 Å². The Labute approximate surface area is 146 Å². The van der Waals surface area contributed by atoms with E-state index in [9.17, 15) is 18.4 Å². The fourth-order valence-electron chi connectivity index (χ4n) is 2.78. The molecule has 1 fully saturated rings. The molecular formula is C17H24F2N4O2. The Hall–Kier alpha value is -2.38. The quantitative estimate of drug-likeness (QED) is 0.752. The normalized spacial score (nSPS) is 17.3. The number of anilines is 1. The van der Waals surface area contributed by atoms with Crippen molar-refractivity contribution in [2.24, 2.45) is 5.92 Å². The van der Waals surface area contributed by atoms with Gasteiger partial charge in [0.15, 0.2) is 11.6 Å². The SMILES string of the molecule is CNC(=O)NC(C)(C)C(=O)NC[C@H]1CCN(c2ccc(F)c(F)c2)C1. The first-order chi connectivity index (χ1) is 11.7. The van der Waals surface area contributed by atoms with E-state index in [2.05, 4.69) is 16.0 Å². The van der Waals surface area contributed by atoms with Crippen LogP contribution in [0.3, 0.4) is 0 Å².